The Hall–Kier alpha value is -1.19. The Labute approximate surface area is 118 Å². The van der Waals surface area contributed by atoms with E-state index in [2.05, 4.69) is 31.3 Å². The first kappa shape index (κ1) is 14.2. The topological polar surface area (TPSA) is 12.0 Å². The molecule has 2 aromatic rings. The number of benzene rings is 1. The van der Waals surface area contributed by atoms with Crippen LogP contribution in [0.25, 0.3) is 0 Å². The second-order valence-electron chi connectivity index (χ2n) is 4.84. The normalized spacial score (nSPS) is 12.6. The fraction of sp³-hybridized carbons (Fsp3) is 0.375. The highest BCUT2D eigenvalue weighted by atomic mass is 32.1. The third kappa shape index (κ3) is 3.43. The van der Waals surface area contributed by atoms with Crippen molar-refractivity contribution in [3.63, 3.8) is 0 Å². The lowest BCUT2D eigenvalue weighted by Crippen LogP contribution is -2.23. The summed E-state index contributed by atoms with van der Waals surface area (Å²) in [5.74, 6) is -0.169. The average molecular weight is 277 g/mol. The van der Waals surface area contributed by atoms with Gasteiger partial charge in [-0.1, -0.05) is 13.0 Å². The first-order valence-electron chi connectivity index (χ1n) is 6.67. The van der Waals surface area contributed by atoms with E-state index in [1.54, 1.807) is 23.5 Å². The predicted octanol–water partition coefficient (Wildman–Crippen LogP) is 4.59. The molecule has 0 saturated carbocycles. The van der Waals surface area contributed by atoms with Crippen LogP contribution in [-0.4, -0.2) is 6.54 Å². The highest BCUT2D eigenvalue weighted by Gasteiger charge is 2.17. The van der Waals surface area contributed by atoms with Crippen LogP contribution in [0.5, 0.6) is 0 Å². The summed E-state index contributed by atoms with van der Waals surface area (Å²) in [5.41, 5.74) is 2.16. The molecule has 1 heterocycles. The second-order valence-corrected chi connectivity index (χ2v) is 6.16. The molecule has 0 fully saturated rings. The van der Waals surface area contributed by atoms with Gasteiger partial charge >= 0.3 is 0 Å². The molecule has 0 radical (unpaired) electrons. The fourth-order valence-corrected chi connectivity index (χ4v) is 3.20. The second kappa shape index (κ2) is 6.31. The van der Waals surface area contributed by atoms with Gasteiger partial charge in [0.05, 0.1) is 6.04 Å². The Morgan fingerprint density at radius 1 is 1.21 bits per heavy atom. The van der Waals surface area contributed by atoms with Gasteiger partial charge in [0.1, 0.15) is 5.82 Å². The smallest absolute Gasteiger partial charge is 0.123 e. The molecule has 0 spiro atoms. The Bertz CT molecular complexity index is 547. The number of thiophene rings is 1. The van der Waals surface area contributed by atoms with E-state index in [0.717, 1.165) is 24.1 Å². The third-order valence-corrected chi connectivity index (χ3v) is 4.25. The van der Waals surface area contributed by atoms with Crippen molar-refractivity contribution in [2.24, 2.45) is 0 Å². The van der Waals surface area contributed by atoms with Gasteiger partial charge in [-0.15, -0.1) is 11.3 Å². The van der Waals surface area contributed by atoms with Crippen molar-refractivity contribution in [1.29, 1.82) is 0 Å². The number of aryl methyl sites for hydroxylation is 2. The van der Waals surface area contributed by atoms with E-state index in [9.17, 15) is 4.39 Å². The molecule has 1 unspecified atom stereocenters. The molecule has 0 aliphatic heterocycles. The largest absolute Gasteiger partial charge is 0.306 e. The number of hydrogen-bond donors (Lipinski definition) is 1. The van der Waals surface area contributed by atoms with E-state index >= 15 is 0 Å². The molecule has 1 aromatic heterocycles. The number of hydrogen-bond acceptors (Lipinski definition) is 2. The molecule has 1 atom stereocenters. The molecular formula is C16H20FNS. The van der Waals surface area contributed by atoms with E-state index in [1.807, 2.05) is 13.0 Å². The molecule has 0 aliphatic carbocycles. The van der Waals surface area contributed by atoms with Crippen LogP contribution >= 0.6 is 11.3 Å². The van der Waals surface area contributed by atoms with Crippen molar-refractivity contribution in [3.8, 4) is 0 Å². The SMILES string of the molecule is CCCNC(c1ccc(C)s1)c1ccc(F)cc1C. The van der Waals surface area contributed by atoms with Crippen molar-refractivity contribution in [2.45, 2.75) is 33.2 Å². The standard InChI is InChI=1S/C16H20FNS/c1-4-9-18-16(15-8-5-12(3)19-15)14-7-6-13(17)10-11(14)2/h5-8,10,16,18H,4,9H2,1-3H3. The highest BCUT2D eigenvalue weighted by Crippen LogP contribution is 2.30. The lowest BCUT2D eigenvalue weighted by molar-refractivity contribution is 0.596. The number of nitrogens with one attached hydrogen (secondary N) is 1. The summed E-state index contributed by atoms with van der Waals surface area (Å²) in [7, 11) is 0. The zero-order valence-electron chi connectivity index (χ0n) is 11.7. The van der Waals surface area contributed by atoms with Crippen LogP contribution in [0.4, 0.5) is 4.39 Å². The molecule has 1 aromatic carbocycles. The maximum atomic E-state index is 13.3. The molecule has 1 N–H and O–H groups in total. The molecule has 102 valence electrons. The maximum absolute atomic E-state index is 13.3. The molecule has 3 heteroatoms. The molecule has 0 saturated heterocycles. The predicted molar refractivity (Wildman–Crippen MR) is 80.3 cm³/mol. The van der Waals surface area contributed by atoms with Crippen LogP contribution in [0.3, 0.4) is 0 Å². The van der Waals surface area contributed by atoms with Gasteiger partial charge in [0.25, 0.3) is 0 Å². The average Bonchev–Trinajstić information content (AvgIpc) is 2.78. The van der Waals surface area contributed by atoms with Crippen molar-refractivity contribution in [1.82, 2.24) is 5.32 Å². The minimum Gasteiger partial charge on any atom is -0.306 e. The van der Waals surface area contributed by atoms with Crippen molar-refractivity contribution in [3.05, 3.63) is 57.0 Å². The number of rotatable bonds is 5. The van der Waals surface area contributed by atoms with Crippen LogP contribution in [0.1, 0.15) is 40.3 Å². The van der Waals surface area contributed by atoms with E-state index < -0.39 is 0 Å². The van der Waals surface area contributed by atoms with E-state index in [0.29, 0.717) is 0 Å². The van der Waals surface area contributed by atoms with Gasteiger partial charge < -0.3 is 5.32 Å². The van der Waals surface area contributed by atoms with Crippen LogP contribution < -0.4 is 5.32 Å². The zero-order chi connectivity index (χ0) is 13.8. The van der Waals surface area contributed by atoms with Crippen molar-refractivity contribution in [2.75, 3.05) is 6.54 Å². The Balaban J connectivity index is 2.36. The Kier molecular flexibility index (Phi) is 4.72. The molecular weight excluding hydrogens is 257 g/mol. The van der Waals surface area contributed by atoms with Gasteiger partial charge in [0, 0.05) is 9.75 Å². The lowest BCUT2D eigenvalue weighted by Gasteiger charge is -2.20. The minimum absolute atomic E-state index is 0.166. The zero-order valence-corrected chi connectivity index (χ0v) is 12.5. The molecule has 0 bridgehead atoms. The lowest BCUT2D eigenvalue weighted by atomic mass is 9.99. The highest BCUT2D eigenvalue weighted by molar-refractivity contribution is 7.12. The summed E-state index contributed by atoms with van der Waals surface area (Å²) in [5, 5.41) is 3.56. The Morgan fingerprint density at radius 3 is 2.58 bits per heavy atom. The van der Waals surface area contributed by atoms with Crippen LogP contribution in [0, 0.1) is 19.7 Å². The third-order valence-electron chi connectivity index (χ3n) is 3.19. The van der Waals surface area contributed by atoms with Gasteiger partial charge in [-0.2, -0.15) is 0 Å². The Morgan fingerprint density at radius 2 is 2.00 bits per heavy atom. The monoisotopic (exact) mass is 277 g/mol. The first-order chi connectivity index (χ1) is 9.11. The van der Waals surface area contributed by atoms with Crippen LogP contribution in [-0.2, 0) is 0 Å². The molecule has 0 aliphatic rings. The first-order valence-corrected chi connectivity index (χ1v) is 7.49. The van der Waals surface area contributed by atoms with Crippen LogP contribution in [0.2, 0.25) is 0 Å². The van der Waals surface area contributed by atoms with Crippen LogP contribution in [0.15, 0.2) is 30.3 Å². The summed E-state index contributed by atoms with van der Waals surface area (Å²) in [6.07, 6.45) is 1.08. The number of halogens is 1. The summed E-state index contributed by atoms with van der Waals surface area (Å²) in [6.45, 7) is 7.20. The summed E-state index contributed by atoms with van der Waals surface area (Å²) < 4.78 is 13.3. The van der Waals surface area contributed by atoms with E-state index in [-0.39, 0.29) is 11.9 Å². The van der Waals surface area contributed by atoms with Gasteiger partial charge in [-0.05, 0) is 62.2 Å². The van der Waals surface area contributed by atoms with Gasteiger partial charge in [-0.25, -0.2) is 4.39 Å². The van der Waals surface area contributed by atoms with Gasteiger partial charge in [-0.3, -0.25) is 0 Å². The summed E-state index contributed by atoms with van der Waals surface area (Å²) in [6, 6.07) is 9.52. The van der Waals surface area contributed by atoms with Gasteiger partial charge in [0.2, 0.25) is 0 Å². The maximum Gasteiger partial charge on any atom is 0.123 e. The molecule has 2 rings (SSSR count). The summed E-state index contributed by atoms with van der Waals surface area (Å²) >= 11 is 1.80. The molecule has 1 nitrogen and oxygen atoms in total. The fourth-order valence-electron chi connectivity index (χ4n) is 2.22. The van der Waals surface area contributed by atoms with Crippen molar-refractivity contribution >= 4 is 11.3 Å². The molecule has 19 heavy (non-hydrogen) atoms. The summed E-state index contributed by atoms with van der Waals surface area (Å²) in [4.78, 5) is 2.60. The van der Waals surface area contributed by atoms with Crippen molar-refractivity contribution < 1.29 is 4.39 Å². The minimum atomic E-state index is -0.169. The van der Waals surface area contributed by atoms with E-state index in [4.69, 9.17) is 0 Å². The van der Waals surface area contributed by atoms with Gasteiger partial charge in [0.15, 0.2) is 0 Å². The quantitative estimate of drug-likeness (QED) is 0.842. The molecule has 0 amide bonds. The van der Waals surface area contributed by atoms with E-state index in [1.165, 1.54) is 9.75 Å².